The van der Waals surface area contributed by atoms with Crippen molar-refractivity contribution < 1.29 is 0 Å². The van der Waals surface area contributed by atoms with Crippen molar-refractivity contribution in [1.82, 2.24) is 9.97 Å². The van der Waals surface area contributed by atoms with Crippen LogP contribution in [0, 0.1) is 0 Å². The van der Waals surface area contributed by atoms with Gasteiger partial charge in [0, 0.05) is 34.2 Å². The van der Waals surface area contributed by atoms with Crippen LogP contribution in [-0.4, -0.2) is 9.97 Å². The minimum absolute atomic E-state index is 0.157. The maximum atomic E-state index is 4.54. The van der Waals surface area contributed by atoms with Gasteiger partial charge < -0.3 is 0 Å². The summed E-state index contributed by atoms with van der Waals surface area (Å²) in [5.41, 5.74) is 29.2. The fourth-order valence-corrected chi connectivity index (χ4v) is 12.1. The van der Waals surface area contributed by atoms with Gasteiger partial charge in [-0.05, 0) is 165 Å². The topological polar surface area (TPSA) is 25.8 Å². The first-order chi connectivity index (χ1) is 33.4. The number of aromatic nitrogens is 2. The molecular formula is C67H52N2. The number of rotatable bonds is 6. The van der Waals surface area contributed by atoms with Crippen molar-refractivity contribution >= 4 is 0 Å². The Balaban J connectivity index is 0.789. The lowest BCUT2D eigenvalue weighted by atomic mass is 9.79. The van der Waals surface area contributed by atoms with Crippen LogP contribution in [0.25, 0.3) is 100 Å². The summed E-state index contributed by atoms with van der Waals surface area (Å²) >= 11 is 0. The highest BCUT2D eigenvalue weighted by molar-refractivity contribution is 5.92. The molecule has 9 aromatic carbocycles. The Labute approximate surface area is 406 Å². The standard InChI is InChI=1S/C67H52N2/c1-65(2)58-35-44(21-27-52(58)53-28-22-45(36-59(53)65)47-24-30-55-57-32-26-49(64-68-33-12-34-69-64)40-63(57)67(5,6)61(55)38-47)46-23-29-54-56-31-25-48(39-62(56)66(3,4)60(54)37-46)51-16-11-10-15-50(51)43-19-17-42(18-20-43)41-13-8-7-9-14-41/h7-40H,1-6H3. The molecule has 0 bridgehead atoms. The lowest BCUT2D eigenvalue weighted by molar-refractivity contribution is 0.659. The van der Waals surface area contributed by atoms with E-state index in [1.165, 1.54) is 122 Å². The molecule has 13 rings (SSSR count). The molecule has 2 heteroatoms. The molecule has 0 spiro atoms. The summed E-state index contributed by atoms with van der Waals surface area (Å²) in [6.45, 7) is 14.3. The molecule has 330 valence electrons. The molecule has 0 amide bonds. The van der Waals surface area contributed by atoms with E-state index in [-0.39, 0.29) is 16.2 Å². The van der Waals surface area contributed by atoms with Crippen molar-refractivity contribution in [1.29, 1.82) is 0 Å². The third-order valence-electron chi connectivity index (χ3n) is 16.1. The minimum Gasteiger partial charge on any atom is -0.237 e. The molecule has 0 unspecified atom stereocenters. The van der Waals surface area contributed by atoms with Gasteiger partial charge in [-0.3, -0.25) is 0 Å². The summed E-state index contributed by atoms with van der Waals surface area (Å²) in [7, 11) is 0. The first-order valence-corrected chi connectivity index (χ1v) is 24.4. The molecular weight excluding hydrogens is 833 g/mol. The lowest BCUT2D eigenvalue weighted by Gasteiger charge is -2.24. The summed E-state index contributed by atoms with van der Waals surface area (Å²) in [5.74, 6) is 0.762. The van der Waals surface area contributed by atoms with Gasteiger partial charge in [0.15, 0.2) is 5.82 Å². The first-order valence-electron chi connectivity index (χ1n) is 24.4. The van der Waals surface area contributed by atoms with Gasteiger partial charge in [0.25, 0.3) is 0 Å². The molecule has 0 saturated heterocycles. The van der Waals surface area contributed by atoms with Gasteiger partial charge in [-0.1, -0.05) is 193 Å². The van der Waals surface area contributed by atoms with Gasteiger partial charge >= 0.3 is 0 Å². The molecule has 0 radical (unpaired) electrons. The van der Waals surface area contributed by atoms with Crippen LogP contribution in [0.15, 0.2) is 207 Å². The lowest BCUT2D eigenvalue weighted by Crippen LogP contribution is -2.16. The highest BCUT2D eigenvalue weighted by Crippen LogP contribution is 2.55. The molecule has 0 atom stereocenters. The smallest absolute Gasteiger partial charge is 0.159 e. The summed E-state index contributed by atoms with van der Waals surface area (Å²) in [6, 6.07) is 72.8. The van der Waals surface area contributed by atoms with Crippen LogP contribution in [0.5, 0.6) is 0 Å². The Morgan fingerprint density at radius 1 is 0.232 bits per heavy atom. The first kappa shape index (κ1) is 41.3. The van der Waals surface area contributed by atoms with Crippen molar-refractivity contribution in [2.45, 2.75) is 57.8 Å². The quantitative estimate of drug-likeness (QED) is 0.166. The molecule has 3 aliphatic carbocycles. The van der Waals surface area contributed by atoms with E-state index in [9.17, 15) is 0 Å². The maximum absolute atomic E-state index is 4.54. The van der Waals surface area contributed by atoms with Crippen LogP contribution >= 0.6 is 0 Å². The largest absolute Gasteiger partial charge is 0.237 e. The average Bonchev–Trinajstić information content (AvgIpc) is 3.87. The highest BCUT2D eigenvalue weighted by Gasteiger charge is 2.39. The minimum atomic E-state index is -0.165. The molecule has 1 aromatic heterocycles. The van der Waals surface area contributed by atoms with Gasteiger partial charge in [-0.2, -0.15) is 0 Å². The molecule has 0 N–H and O–H groups in total. The number of hydrogen-bond acceptors (Lipinski definition) is 2. The van der Waals surface area contributed by atoms with Gasteiger partial charge in [0.1, 0.15) is 0 Å². The Kier molecular flexibility index (Phi) is 8.99. The molecule has 0 fully saturated rings. The molecule has 10 aromatic rings. The van der Waals surface area contributed by atoms with Crippen molar-refractivity contribution in [2.24, 2.45) is 0 Å². The summed E-state index contributed by atoms with van der Waals surface area (Å²) < 4.78 is 0. The van der Waals surface area contributed by atoms with E-state index < -0.39 is 0 Å². The Hall–Kier alpha value is -7.94. The van der Waals surface area contributed by atoms with E-state index in [4.69, 9.17) is 0 Å². The monoisotopic (exact) mass is 884 g/mol. The van der Waals surface area contributed by atoms with Crippen LogP contribution in [-0.2, 0) is 16.2 Å². The van der Waals surface area contributed by atoms with Crippen LogP contribution in [0.2, 0.25) is 0 Å². The van der Waals surface area contributed by atoms with Crippen molar-refractivity contribution in [3.63, 3.8) is 0 Å². The van der Waals surface area contributed by atoms with Gasteiger partial charge in [0.05, 0.1) is 0 Å². The van der Waals surface area contributed by atoms with E-state index in [1.807, 2.05) is 18.5 Å². The van der Waals surface area contributed by atoms with Gasteiger partial charge in [0.2, 0.25) is 0 Å². The maximum Gasteiger partial charge on any atom is 0.159 e. The molecule has 2 nitrogen and oxygen atoms in total. The fourth-order valence-electron chi connectivity index (χ4n) is 12.1. The van der Waals surface area contributed by atoms with Crippen LogP contribution in [0.3, 0.4) is 0 Å². The molecule has 3 aliphatic rings. The summed E-state index contributed by atoms with van der Waals surface area (Å²) in [6.07, 6.45) is 3.63. The molecule has 1 heterocycles. The Morgan fingerprint density at radius 2 is 0.522 bits per heavy atom. The second-order valence-corrected chi connectivity index (χ2v) is 21.0. The van der Waals surface area contributed by atoms with Crippen molar-refractivity contribution in [2.75, 3.05) is 0 Å². The van der Waals surface area contributed by atoms with Gasteiger partial charge in [-0.15, -0.1) is 0 Å². The zero-order valence-electron chi connectivity index (χ0n) is 40.0. The van der Waals surface area contributed by atoms with E-state index >= 15 is 0 Å². The van der Waals surface area contributed by atoms with E-state index in [2.05, 4.69) is 240 Å². The SMILES string of the molecule is CC1(C)c2cc(-c3ccc4c(c3)C(C)(C)c3cc(-c5ncccn5)ccc3-4)ccc2-c2ccc(-c3ccc4c(c3)C(C)(C)c3cc(-c5ccccc5-c5ccc(-c6ccccc6)cc5)ccc3-4)cc21. The van der Waals surface area contributed by atoms with Crippen LogP contribution in [0.4, 0.5) is 0 Å². The summed E-state index contributed by atoms with van der Waals surface area (Å²) in [5, 5.41) is 0. The average molecular weight is 885 g/mol. The van der Waals surface area contributed by atoms with Crippen LogP contribution < -0.4 is 0 Å². The third-order valence-corrected chi connectivity index (χ3v) is 16.1. The normalized spacial score (nSPS) is 14.9. The predicted molar refractivity (Wildman–Crippen MR) is 287 cm³/mol. The van der Waals surface area contributed by atoms with E-state index in [1.54, 1.807) is 0 Å². The van der Waals surface area contributed by atoms with Gasteiger partial charge in [-0.25, -0.2) is 9.97 Å². The van der Waals surface area contributed by atoms with Crippen molar-refractivity contribution in [3.8, 4) is 100 Å². The summed E-state index contributed by atoms with van der Waals surface area (Å²) in [4.78, 5) is 9.08. The molecule has 0 aliphatic heterocycles. The fraction of sp³-hybridized carbons (Fsp3) is 0.134. The number of benzene rings is 9. The number of hydrogen-bond donors (Lipinski definition) is 0. The van der Waals surface area contributed by atoms with Crippen molar-refractivity contribution in [3.05, 3.63) is 240 Å². The number of nitrogens with zero attached hydrogens (tertiary/aromatic N) is 2. The second kappa shape index (κ2) is 15.0. The van der Waals surface area contributed by atoms with E-state index in [0.717, 1.165) is 11.4 Å². The van der Waals surface area contributed by atoms with Crippen LogP contribution in [0.1, 0.15) is 74.9 Å². The predicted octanol–water partition coefficient (Wildman–Crippen LogP) is 17.4. The second-order valence-electron chi connectivity index (χ2n) is 21.0. The Morgan fingerprint density at radius 3 is 0.942 bits per heavy atom. The number of fused-ring (bicyclic) bond motifs is 9. The molecule has 0 saturated carbocycles. The van der Waals surface area contributed by atoms with E-state index in [0.29, 0.717) is 0 Å². The molecule has 69 heavy (non-hydrogen) atoms. The zero-order valence-corrected chi connectivity index (χ0v) is 40.0. The Bertz CT molecular complexity index is 3720. The highest BCUT2D eigenvalue weighted by atomic mass is 14.8. The third kappa shape index (κ3) is 6.31. The zero-order chi connectivity index (χ0) is 46.8.